The van der Waals surface area contributed by atoms with Gasteiger partial charge in [-0.05, 0) is 49.1 Å². The first-order valence-corrected chi connectivity index (χ1v) is 9.35. The third-order valence-electron chi connectivity index (χ3n) is 5.31. The van der Waals surface area contributed by atoms with E-state index in [2.05, 4.69) is 49.8 Å². The first-order chi connectivity index (χ1) is 13.3. The molecule has 6 nitrogen and oxygen atoms in total. The first kappa shape index (κ1) is 18.7. The van der Waals surface area contributed by atoms with Crippen molar-refractivity contribution in [2.45, 2.75) is 32.7 Å². The van der Waals surface area contributed by atoms with Crippen molar-refractivity contribution in [3.63, 3.8) is 0 Å². The Kier molecular flexibility index (Phi) is 5.15. The largest absolute Gasteiger partial charge is 0.361 e. The third-order valence-corrected chi connectivity index (χ3v) is 5.31. The van der Waals surface area contributed by atoms with Crippen molar-refractivity contribution in [1.82, 2.24) is 25.4 Å². The van der Waals surface area contributed by atoms with Crippen LogP contribution < -0.4 is 5.32 Å². The fourth-order valence-corrected chi connectivity index (χ4v) is 3.91. The normalized spacial score (nSPS) is 13.3. The minimum atomic E-state index is 0. The lowest BCUT2D eigenvalue weighted by Crippen LogP contribution is -2.24. The molecule has 144 valence electrons. The fourth-order valence-electron chi connectivity index (χ4n) is 3.91. The van der Waals surface area contributed by atoms with E-state index in [-0.39, 0.29) is 12.4 Å². The number of nitrogens with zero attached hydrogens (tertiary/aromatic N) is 3. The van der Waals surface area contributed by atoms with Crippen LogP contribution in [0.3, 0.4) is 0 Å². The van der Waals surface area contributed by atoms with Crippen LogP contribution in [0.4, 0.5) is 0 Å². The van der Waals surface area contributed by atoms with Crippen molar-refractivity contribution in [3.8, 4) is 11.4 Å². The molecule has 28 heavy (non-hydrogen) atoms. The molecule has 0 unspecified atom stereocenters. The summed E-state index contributed by atoms with van der Waals surface area (Å²) in [6.07, 6.45) is 6.57. The minimum Gasteiger partial charge on any atom is -0.361 e. The zero-order valence-corrected chi connectivity index (χ0v) is 16.5. The standard InChI is InChI=1S/C21H21N5O.ClH/c1-13-20(17-8-9-22-10-15(17)12-23-13)21-25-19(27-26-21)7-6-14-11-24-18-5-3-2-4-16(14)18;/h2-5,11-12,22,24H,6-10H2,1H3;1H. The van der Waals surface area contributed by atoms with Gasteiger partial charge in [0.05, 0.1) is 0 Å². The van der Waals surface area contributed by atoms with Gasteiger partial charge >= 0.3 is 0 Å². The van der Waals surface area contributed by atoms with Gasteiger partial charge in [-0.1, -0.05) is 23.4 Å². The molecule has 0 bridgehead atoms. The van der Waals surface area contributed by atoms with Crippen molar-refractivity contribution < 1.29 is 4.52 Å². The highest BCUT2D eigenvalue weighted by Crippen LogP contribution is 2.29. The van der Waals surface area contributed by atoms with Gasteiger partial charge in [0.25, 0.3) is 0 Å². The first-order valence-electron chi connectivity index (χ1n) is 9.35. The average Bonchev–Trinajstić information content (AvgIpc) is 3.33. The number of hydrogen-bond donors (Lipinski definition) is 2. The van der Waals surface area contributed by atoms with E-state index in [9.17, 15) is 0 Å². The van der Waals surface area contributed by atoms with Gasteiger partial charge in [0.15, 0.2) is 0 Å². The molecule has 0 fully saturated rings. The zero-order chi connectivity index (χ0) is 18.2. The van der Waals surface area contributed by atoms with E-state index >= 15 is 0 Å². The molecule has 0 radical (unpaired) electrons. The molecule has 3 aromatic heterocycles. The Bertz CT molecular complexity index is 1120. The minimum absolute atomic E-state index is 0. The number of aromatic nitrogens is 4. The number of hydrogen-bond acceptors (Lipinski definition) is 5. The molecule has 4 heterocycles. The SMILES string of the molecule is Cc1ncc2c(c1-c1noc(CCc3c[nH]c4ccccc34)n1)CCNC2.Cl. The van der Waals surface area contributed by atoms with Gasteiger partial charge < -0.3 is 14.8 Å². The summed E-state index contributed by atoms with van der Waals surface area (Å²) in [5.41, 5.74) is 6.95. The number of aryl methyl sites for hydroxylation is 3. The molecule has 1 aromatic carbocycles. The average molecular weight is 396 g/mol. The van der Waals surface area contributed by atoms with Gasteiger partial charge in [-0.15, -0.1) is 12.4 Å². The van der Waals surface area contributed by atoms with E-state index in [1.807, 2.05) is 19.2 Å². The number of pyridine rings is 1. The molecule has 0 saturated carbocycles. The number of para-hydroxylation sites is 1. The number of aromatic amines is 1. The van der Waals surface area contributed by atoms with Crippen molar-refractivity contribution in [2.24, 2.45) is 0 Å². The summed E-state index contributed by atoms with van der Waals surface area (Å²) in [5.74, 6) is 1.33. The molecule has 7 heteroatoms. The molecule has 1 aliphatic heterocycles. The molecule has 0 spiro atoms. The van der Waals surface area contributed by atoms with E-state index in [0.717, 1.165) is 49.1 Å². The van der Waals surface area contributed by atoms with E-state index in [1.165, 1.54) is 22.1 Å². The molecule has 5 rings (SSSR count). The lowest BCUT2D eigenvalue weighted by atomic mass is 9.95. The Morgan fingerprint density at radius 1 is 1.18 bits per heavy atom. The Labute approximate surface area is 169 Å². The van der Waals surface area contributed by atoms with Gasteiger partial charge in [-0.25, -0.2) is 0 Å². The van der Waals surface area contributed by atoms with Crippen LogP contribution in [-0.4, -0.2) is 26.7 Å². The lowest BCUT2D eigenvalue weighted by molar-refractivity contribution is 0.379. The van der Waals surface area contributed by atoms with E-state index in [4.69, 9.17) is 4.52 Å². The number of H-pyrrole nitrogens is 1. The quantitative estimate of drug-likeness (QED) is 0.549. The second-order valence-electron chi connectivity index (χ2n) is 7.02. The van der Waals surface area contributed by atoms with Crippen LogP contribution in [0.1, 0.15) is 28.3 Å². The molecular weight excluding hydrogens is 374 g/mol. The van der Waals surface area contributed by atoms with Crippen LogP contribution in [0.25, 0.3) is 22.3 Å². The number of benzene rings is 1. The maximum atomic E-state index is 5.56. The lowest BCUT2D eigenvalue weighted by Gasteiger charge is -2.19. The highest BCUT2D eigenvalue weighted by Gasteiger charge is 2.21. The Morgan fingerprint density at radius 3 is 3.00 bits per heavy atom. The molecule has 0 aliphatic carbocycles. The Hall–Kier alpha value is -2.70. The maximum Gasteiger partial charge on any atom is 0.227 e. The van der Waals surface area contributed by atoms with Gasteiger partial charge in [-0.3, -0.25) is 4.98 Å². The van der Waals surface area contributed by atoms with Gasteiger partial charge in [0, 0.05) is 47.5 Å². The summed E-state index contributed by atoms with van der Waals surface area (Å²) in [7, 11) is 0. The molecule has 0 saturated heterocycles. The summed E-state index contributed by atoms with van der Waals surface area (Å²) < 4.78 is 5.56. The van der Waals surface area contributed by atoms with E-state index in [0.29, 0.717) is 11.7 Å². The molecule has 4 aromatic rings. The second-order valence-corrected chi connectivity index (χ2v) is 7.02. The van der Waals surface area contributed by atoms with Crippen LogP contribution in [0.15, 0.2) is 41.2 Å². The highest BCUT2D eigenvalue weighted by molar-refractivity contribution is 5.85. The Balaban J connectivity index is 0.00000192. The fraction of sp³-hybridized carbons (Fsp3) is 0.286. The van der Waals surface area contributed by atoms with Crippen LogP contribution in [0, 0.1) is 6.92 Å². The van der Waals surface area contributed by atoms with Gasteiger partial charge in [0.2, 0.25) is 11.7 Å². The second kappa shape index (κ2) is 7.73. The predicted octanol–water partition coefficient (Wildman–Crippen LogP) is 3.77. The molecule has 0 amide bonds. The third kappa shape index (κ3) is 3.30. The number of rotatable bonds is 4. The van der Waals surface area contributed by atoms with E-state index < -0.39 is 0 Å². The van der Waals surface area contributed by atoms with Crippen LogP contribution >= 0.6 is 12.4 Å². The smallest absolute Gasteiger partial charge is 0.227 e. The molecule has 2 N–H and O–H groups in total. The topological polar surface area (TPSA) is 79.6 Å². The van der Waals surface area contributed by atoms with Crippen molar-refractivity contribution in [3.05, 3.63) is 64.9 Å². The molecule has 0 atom stereocenters. The van der Waals surface area contributed by atoms with Crippen molar-refractivity contribution in [2.75, 3.05) is 6.54 Å². The van der Waals surface area contributed by atoms with Gasteiger partial charge in [-0.2, -0.15) is 4.98 Å². The maximum absolute atomic E-state index is 5.56. The van der Waals surface area contributed by atoms with E-state index in [1.54, 1.807) is 0 Å². The number of halogens is 1. The zero-order valence-electron chi connectivity index (χ0n) is 15.7. The summed E-state index contributed by atoms with van der Waals surface area (Å²) in [6, 6.07) is 8.33. The van der Waals surface area contributed by atoms with Crippen LogP contribution in [0.2, 0.25) is 0 Å². The summed E-state index contributed by atoms with van der Waals surface area (Å²) in [4.78, 5) is 12.5. The number of fused-ring (bicyclic) bond motifs is 2. The summed E-state index contributed by atoms with van der Waals surface area (Å²) in [5, 5.41) is 8.90. The van der Waals surface area contributed by atoms with Gasteiger partial charge in [0.1, 0.15) is 0 Å². The highest BCUT2D eigenvalue weighted by atomic mass is 35.5. The van der Waals surface area contributed by atoms with Crippen molar-refractivity contribution in [1.29, 1.82) is 0 Å². The number of nitrogens with one attached hydrogen (secondary N) is 2. The molecular formula is C21H22ClN5O. The predicted molar refractivity (Wildman–Crippen MR) is 111 cm³/mol. The summed E-state index contributed by atoms with van der Waals surface area (Å²) >= 11 is 0. The Morgan fingerprint density at radius 2 is 2.07 bits per heavy atom. The van der Waals surface area contributed by atoms with Crippen LogP contribution in [0.5, 0.6) is 0 Å². The monoisotopic (exact) mass is 395 g/mol. The summed E-state index contributed by atoms with van der Waals surface area (Å²) in [6.45, 7) is 3.83. The van der Waals surface area contributed by atoms with Crippen LogP contribution in [-0.2, 0) is 25.8 Å². The van der Waals surface area contributed by atoms with Crippen molar-refractivity contribution >= 4 is 23.3 Å². The molecule has 1 aliphatic rings.